The third-order valence-electron chi connectivity index (χ3n) is 4.22. The van der Waals surface area contributed by atoms with Crippen LogP contribution in [-0.2, 0) is 0 Å². The van der Waals surface area contributed by atoms with Crippen LogP contribution in [0.1, 0.15) is 64.3 Å². The third kappa shape index (κ3) is 3.33. The van der Waals surface area contributed by atoms with Crippen molar-refractivity contribution in [3.05, 3.63) is 16.6 Å². The number of nitrogens with zero attached hydrogens (tertiary/aromatic N) is 1. The summed E-state index contributed by atoms with van der Waals surface area (Å²) in [5.74, 6) is 0.793. The zero-order valence-electron chi connectivity index (χ0n) is 12.1. The van der Waals surface area contributed by atoms with Crippen LogP contribution in [0.3, 0.4) is 0 Å². The quantitative estimate of drug-likeness (QED) is 0.877. The van der Waals surface area contributed by atoms with Crippen LogP contribution in [0.15, 0.2) is 11.7 Å². The number of aromatic nitrogens is 1. The fraction of sp³-hybridized carbons (Fsp3) is 0.800. The van der Waals surface area contributed by atoms with Gasteiger partial charge in [-0.1, -0.05) is 33.6 Å². The van der Waals surface area contributed by atoms with Gasteiger partial charge in [-0.05, 0) is 31.1 Å². The van der Waals surface area contributed by atoms with Crippen molar-refractivity contribution < 1.29 is 0 Å². The number of nitrogens with one attached hydrogen (secondary N) is 1. The normalized spacial score (nSPS) is 27.1. The Bertz CT molecular complexity index is 353. The molecule has 0 aliphatic heterocycles. The van der Waals surface area contributed by atoms with E-state index in [0.717, 1.165) is 5.92 Å². The van der Waals surface area contributed by atoms with Gasteiger partial charge < -0.3 is 5.32 Å². The predicted molar refractivity (Wildman–Crippen MR) is 78.9 cm³/mol. The molecule has 18 heavy (non-hydrogen) atoms. The molecule has 0 aromatic carbocycles. The van der Waals surface area contributed by atoms with E-state index in [1.807, 2.05) is 11.7 Å². The monoisotopic (exact) mass is 266 g/mol. The lowest BCUT2D eigenvalue weighted by atomic mass is 9.69. The van der Waals surface area contributed by atoms with Crippen molar-refractivity contribution in [1.29, 1.82) is 0 Å². The summed E-state index contributed by atoms with van der Waals surface area (Å²) in [6.07, 6.45) is 7.47. The van der Waals surface area contributed by atoms with Gasteiger partial charge in [0.1, 0.15) is 0 Å². The van der Waals surface area contributed by atoms with E-state index in [9.17, 15) is 0 Å². The molecule has 0 spiro atoms. The van der Waals surface area contributed by atoms with Crippen LogP contribution in [0, 0.1) is 11.3 Å². The molecule has 1 fully saturated rings. The first-order valence-corrected chi connectivity index (χ1v) is 8.01. The highest BCUT2D eigenvalue weighted by molar-refractivity contribution is 7.09. The first kappa shape index (κ1) is 14.0. The van der Waals surface area contributed by atoms with Crippen molar-refractivity contribution in [1.82, 2.24) is 10.3 Å². The highest BCUT2D eigenvalue weighted by atomic mass is 32.1. The SMILES string of the molecule is CC(NC1CCCCC1C(C)(C)C)c1cncs1. The number of rotatable bonds is 3. The molecule has 0 amide bonds. The molecule has 0 radical (unpaired) electrons. The molecule has 3 unspecified atom stereocenters. The number of hydrogen-bond acceptors (Lipinski definition) is 3. The van der Waals surface area contributed by atoms with Crippen molar-refractivity contribution in [2.45, 2.75) is 65.5 Å². The Hall–Kier alpha value is -0.410. The predicted octanol–water partition coefficient (Wildman–Crippen LogP) is 4.40. The van der Waals surface area contributed by atoms with E-state index in [1.165, 1.54) is 30.6 Å². The Morgan fingerprint density at radius 3 is 2.67 bits per heavy atom. The topological polar surface area (TPSA) is 24.9 Å². The molecular weight excluding hydrogens is 240 g/mol. The van der Waals surface area contributed by atoms with E-state index in [0.29, 0.717) is 17.5 Å². The summed E-state index contributed by atoms with van der Waals surface area (Å²) in [5, 5.41) is 3.85. The average molecular weight is 266 g/mol. The molecule has 0 saturated heterocycles. The van der Waals surface area contributed by atoms with Gasteiger partial charge in [-0.15, -0.1) is 11.3 Å². The van der Waals surface area contributed by atoms with Crippen molar-refractivity contribution in [2.24, 2.45) is 11.3 Å². The van der Waals surface area contributed by atoms with Gasteiger partial charge in [0.25, 0.3) is 0 Å². The molecule has 1 heterocycles. The van der Waals surface area contributed by atoms with Gasteiger partial charge in [0.05, 0.1) is 5.51 Å². The van der Waals surface area contributed by atoms with Gasteiger partial charge in [-0.25, -0.2) is 0 Å². The molecule has 1 aliphatic carbocycles. The van der Waals surface area contributed by atoms with Crippen LogP contribution in [0.4, 0.5) is 0 Å². The summed E-state index contributed by atoms with van der Waals surface area (Å²) in [6, 6.07) is 1.10. The van der Waals surface area contributed by atoms with Crippen LogP contribution >= 0.6 is 11.3 Å². The van der Waals surface area contributed by atoms with Gasteiger partial charge in [0, 0.05) is 23.2 Å². The summed E-state index contributed by atoms with van der Waals surface area (Å²) in [6.45, 7) is 9.42. The fourth-order valence-electron chi connectivity index (χ4n) is 3.21. The van der Waals surface area contributed by atoms with Crippen LogP contribution in [0.25, 0.3) is 0 Å². The molecule has 1 aromatic heterocycles. The summed E-state index contributed by atoms with van der Waals surface area (Å²) < 4.78 is 0. The lowest BCUT2D eigenvalue weighted by molar-refractivity contribution is 0.125. The highest BCUT2D eigenvalue weighted by Gasteiger charge is 2.34. The van der Waals surface area contributed by atoms with Crippen LogP contribution in [0.5, 0.6) is 0 Å². The van der Waals surface area contributed by atoms with E-state index in [1.54, 1.807) is 11.3 Å². The third-order valence-corrected chi connectivity index (χ3v) is 5.18. The smallest absolute Gasteiger partial charge is 0.0794 e. The van der Waals surface area contributed by atoms with E-state index in [-0.39, 0.29) is 0 Å². The Morgan fingerprint density at radius 2 is 2.06 bits per heavy atom. The lowest BCUT2D eigenvalue weighted by Crippen LogP contribution is -2.45. The zero-order valence-corrected chi connectivity index (χ0v) is 12.9. The molecule has 102 valence electrons. The molecule has 1 N–H and O–H groups in total. The van der Waals surface area contributed by atoms with E-state index in [4.69, 9.17) is 0 Å². The standard InChI is InChI=1S/C15H26N2S/c1-11(14-9-16-10-18-14)17-13-8-6-5-7-12(13)15(2,3)4/h9-13,17H,5-8H2,1-4H3. The largest absolute Gasteiger partial charge is 0.306 e. The molecule has 1 aromatic rings. The van der Waals surface area contributed by atoms with Crippen LogP contribution < -0.4 is 5.32 Å². The van der Waals surface area contributed by atoms with Crippen molar-refractivity contribution in [3.8, 4) is 0 Å². The van der Waals surface area contributed by atoms with Crippen LogP contribution in [0.2, 0.25) is 0 Å². The van der Waals surface area contributed by atoms with Crippen molar-refractivity contribution >= 4 is 11.3 Å². The van der Waals surface area contributed by atoms with Crippen molar-refractivity contribution in [3.63, 3.8) is 0 Å². The second kappa shape index (κ2) is 5.70. The summed E-state index contributed by atoms with van der Waals surface area (Å²) >= 11 is 1.75. The maximum absolute atomic E-state index is 4.18. The van der Waals surface area contributed by atoms with Crippen LogP contribution in [-0.4, -0.2) is 11.0 Å². The minimum absolute atomic E-state index is 0.408. The maximum atomic E-state index is 4.18. The van der Waals surface area contributed by atoms with Gasteiger partial charge in [-0.3, -0.25) is 4.98 Å². The first-order valence-electron chi connectivity index (χ1n) is 7.13. The molecule has 0 bridgehead atoms. The Morgan fingerprint density at radius 1 is 1.33 bits per heavy atom. The molecule has 2 nitrogen and oxygen atoms in total. The lowest BCUT2D eigenvalue weighted by Gasteiger charge is -2.42. The maximum Gasteiger partial charge on any atom is 0.0794 e. The van der Waals surface area contributed by atoms with Gasteiger partial charge in [0.2, 0.25) is 0 Å². The van der Waals surface area contributed by atoms with Gasteiger partial charge in [-0.2, -0.15) is 0 Å². The second-order valence-corrected chi connectivity index (χ2v) is 7.57. The van der Waals surface area contributed by atoms with Crippen molar-refractivity contribution in [2.75, 3.05) is 0 Å². The molecular formula is C15H26N2S. The molecule has 3 heteroatoms. The minimum Gasteiger partial charge on any atom is -0.306 e. The fourth-order valence-corrected chi connectivity index (χ4v) is 3.85. The second-order valence-electron chi connectivity index (χ2n) is 6.66. The van der Waals surface area contributed by atoms with E-state index < -0.39 is 0 Å². The molecule has 1 aliphatic rings. The summed E-state index contributed by atoms with van der Waals surface area (Å²) in [5.41, 5.74) is 2.33. The summed E-state index contributed by atoms with van der Waals surface area (Å²) in [4.78, 5) is 5.54. The zero-order chi connectivity index (χ0) is 13.2. The number of hydrogen-bond donors (Lipinski definition) is 1. The van der Waals surface area contributed by atoms with E-state index in [2.05, 4.69) is 38.0 Å². The molecule has 1 saturated carbocycles. The van der Waals surface area contributed by atoms with Gasteiger partial charge in [0.15, 0.2) is 0 Å². The Labute approximate surface area is 115 Å². The minimum atomic E-state index is 0.408. The molecule has 2 rings (SSSR count). The van der Waals surface area contributed by atoms with Gasteiger partial charge >= 0.3 is 0 Å². The average Bonchev–Trinajstić information content (AvgIpc) is 2.81. The Balaban J connectivity index is 2.01. The highest BCUT2D eigenvalue weighted by Crippen LogP contribution is 2.38. The summed E-state index contributed by atoms with van der Waals surface area (Å²) in [7, 11) is 0. The Kier molecular flexibility index (Phi) is 4.44. The van der Waals surface area contributed by atoms with E-state index >= 15 is 0 Å². The first-order chi connectivity index (χ1) is 8.48. The molecule has 3 atom stereocenters. The number of thiazole rings is 1.